The maximum atomic E-state index is 11.9. The van der Waals surface area contributed by atoms with Gasteiger partial charge < -0.3 is 10.6 Å². The molecule has 20 heavy (non-hydrogen) atoms. The third-order valence-electron chi connectivity index (χ3n) is 2.33. The lowest BCUT2D eigenvalue weighted by molar-refractivity contribution is -0.122. The Morgan fingerprint density at radius 3 is 2.50 bits per heavy atom. The van der Waals surface area contributed by atoms with Crippen LogP contribution in [0.5, 0.6) is 0 Å². The first-order valence-electron chi connectivity index (χ1n) is 6.23. The summed E-state index contributed by atoms with van der Waals surface area (Å²) in [6.45, 7) is 6.02. The molecule has 110 valence electrons. The SMILES string of the molecule is CC(C)(C)NC(=O)CCNC(=O)c1ccc(Cl)cc1Br. The fourth-order valence-corrected chi connectivity index (χ4v) is 2.40. The zero-order chi connectivity index (χ0) is 15.3. The molecule has 0 aliphatic carbocycles. The summed E-state index contributed by atoms with van der Waals surface area (Å²) in [5.74, 6) is -0.329. The molecule has 0 aliphatic rings. The number of rotatable bonds is 4. The molecule has 0 saturated heterocycles. The molecule has 0 unspecified atom stereocenters. The highest BCUT2D eigenvalue weighted by molar-refractivity contribution is 9.10. The second kappa shape index (κ2) is 7.09. The van der Waals surface area contributed by atoms with Gasteiger partial charge in [-0.25, -0.2) is 0 Å². The molecule has 0 fully saturated rings. The Balaban J connectivity index is 2.46. The van der Waals surface area contributed by atoms with Gasteiger partial charge >= 0.3 is 0 Å². The number of hydrogen-bond donors (Lipinski definition) is 2. The van der Waals surface area contributed by atoms with Gasteiger partial charge in [-0.1, -0.05) is 11.6 Å². The number of carbonyl (C=O) groups is 2. The summed E-state index contributed by atoms with van der Waals surface area (Å²) >= 11 is 9.10. The Hall–Kier alpha value is -1.07. The lowest BCUT2D eigenvalue weighted by Gasteiger charge is -2.20. The van der Waals surface area contributed by atoms with Crippen molar-refractivity contribution in [1.29, 1.82) is 0 Å². The third-order valence-corrected chi connectivity index (χ3v) is 3.22. The summed E-state index contributed by atoms with van der Waals surface area (Å²) in [6.07, 6.45) is 0.244. The van der Waals surface area contributed by atoms with E-state index in [0.29, 0.717) is 15.1 Å². The van der Waals surface area contributed by atoms with Gasteiger partial charge in [0.2, 0.25) is 5.91 Å². The van der Waals surface area contributed by atoms with Gasteiger partial charge in [-0.3, -0.25) is 9.59 Å². The van der Waals surface area contributed by atoms with E-state index in [1.165, 1.54) is 0 Å². The van der Waals surface area contributed by atoms with E-state index in [2.05, 4.69) is 26.6 Å². The van der Waals surface area contributed by atoms with Crippen LogP contribution in [0.1, 0.15) is 37.6 Å². The van der Waals surface area contributed by atoms with Gasteiger partial charge in [-0.15, -0.1) is 0 Å². The first-order valence-corrected chi connectivity index (χ1v) is 7.40. The van der Waals surface area contributed by atoms with Gasteiger partial charge in [0.1, 0.15) is 0 Å². The number of nitrogens with one attached hydrogen (secondary N) is 2. The summed E-state index contributed by atoms with van der Waals surface area (Å²) in [6, 6.07) is 4.94. The van der Waals surface area contributed by atoms with E-state index in [-0.39, 0.29) is 30.3 Å². The van der Waals surface area contributed by atoms with Gasteiger partial charge in [0, 0.05) is 28.0 Å². The smallest absolute Gasteiger partial charge is 0.252 e. The number of benzene rings is 1. The van der Waals surface area contributed by atoms with Gasteiger partial charge in [-0.05, 0) is 54.9 Å². The molecule has 4 nitrogen and oxygen atoms in total. The van der Waals surface area contributed by atoms with Crippen molar-refractivity contribution < 1.29 is 9.59 Å². The van der Waals surface area contributed by atoms with Crippen molar-refractivity contribution in [3.05, 3.63) is 33.3 Å². The van der Waals surface area contributed by atoms with Crippen LogP contribution in [0, 0.1) is 0 Å². The Bertz CT molecular complexity index is 512. The Kier molecular flexibility index (Phi) is 6.02. The van der Waals surface area contributed by atoms with E-state index in [4.69, 9.17) is 11.6 Å². The van der Waals surface area contributed by atoms with Crippen LogP contribution in [-0.4, -0.2) is 23.9 Å². The maximum Gasteiger partial charge on any atom is 0.252 e. The fraction of sp³-hybridized carbons (Fsp3) is 0.429. The van der Waals surface area contributed by atoms with E-state index < -0.39 is 0 Å². The number of halogens is 2. The molecule has 0 bridgehead atoms. The number of amides is 2. The second-order valence-electron chi connectivity index (χ2n) is 5.43. The van der Waals surface area contributed by atoms with Crippen molar-refractivity contribution in [3.8, 4) is 0 Å². The number of carbonyl (C=O) groups excluding carboxylic acids is 2. The molecule has 0 aromatic heterocycles. The van der Waals surface area contributed by atoms with Crippen molar-refractivity contribution in [2.75, 3.05) is 6.54 Å². The van der Waals surface area contributed by atoms with E-state index >= 15 is 0 Å². The Labute approximate surface area is 132 Å². The molecule has 1 aromatic carbocycles. The molecule has 2 amide bonds. The second-order valence-corrected chi connectivity index (χ2v) is 6.72. The van der Waals surface area contributed by atoms with Gasteiger partial charge in [0.05, 0.1) is 5.56 Å². The molecule has 0 spiro atoms. The molecule has 6 heteroatoms. The molecule has 0 atom stereocenters. The summed E-state index contributed by atoms with van der Waals surface area (Å²) in [7, 11) is 0. The molecule has 2 N–H and O–H groups in total. The average molecular weight is 362 g/mol. The molecular formula is C14H18BrClN2O2. The van der Waals surface area contributed by atoms with Gasteiger partial charge in [0.25, 0.3) is 5.91 Å². The van der Waals surface area contributed by atoms with Crippen LogP contribution in [0.25, 0.3) is 0 Å². The topological polar surface area (TPSA) is 58.2 Å². The van der Waals surface area contributed by atoms with Crippen molar-refractivity contribution in [3.63, 3.8) is 0 Å². The van der Waals surface area contributed by atoms with E-state index in [1.54, 1.807) is 18.2 Å². The first-order chi connectivity index (χ1) is 9.19. The lowest BCUT2D eigenvalue weighted by Crippen LogP contribution is -2.42. The predicted octanol–water partition coefficient (Wildman–Crippen LogP) is 3.14. The van der Waals surface area contributed by atoms with E-state index in [0.717, 1.165) is 0 Å². The highest BCUT2D eigenvalue weighted by atomic mass is 79.9. The summed E-state index contributed by atoms with van der Waals surface area (Å²) in [5, 5.41) is 6.09. The van der Waals surface area contributed by atoms with Crippen molar-refractivity contribution in [1.82, 2.24) is 10.6 Å². The molecule has 0 saturated carbocycles. The monoisotopic (exact) mass is 360 g/mol. The normalized spacial score (nSPS) is 11.1. The van der Waals surface area contributed by atoms with Crippen LogP contribution >= 0.6 is 27.5 Å². The van der Waals surface area contributed by atoms with Gasteiger partial charge in [0.15, 0.2) is 0 Å². The molecule has 0 radical (unpaired) electrons. The Morgan fingerprint density at radius 1 is 1.30 bits per heavy atom. The summed E-state index contributed by atoms with van der Waals surface area (Å²) < 4.78 is 0.627. The molecule has 0 aliphatic heterocycles. The maximum absolute atomic E-state index is 11.9. The summed E-state index contributed by atoms with van der Waals surface area (Å²) in [4.78, 5) is 23.5. The molecular weight excluding hydrogens is 344 g/mol. The van der Waals surface area contributed by atoms with Crippen LogP contribution in [0.4, 0.5) is 0 Å². The van der Waals surface area contributed by atoms with Crippen LogP contribution in [0.2, 0.25) is 5.02 Å². The fourth-order valence-electron chi connectivity index (χ4n) is 1.54. The van der Waals surface area contributed by atoms with Crippen LogP contribution in [0.3, 0.4) is 0 Å². The minimum atomic E-state index is -0.264. The minimum Gasteiger partial charge on any atom is -0.351 e. The molecule has 0 heterocycles. The third kappa shape index (κ3) is 5.92. The van der Waals surface area contributed by atoms with E-state index in [1.807, 2.05) is 20.8 Å². The largest absolute Gasteiger partial charge is 0.351 e. The van der Waals surface area contributed by atoms with Crippen LogP contribution in [-0.2, 0) is 4.79 Å². The highest BCUT2D eigenvalue weighted by Crippen LogP contribution is 2.21. The van der Waals surface area contributed by atoms with E-state index in [9.17, 15) is 9.59 Å². The Morgan fingerprint density at radius 2 is 1.95 bits per heavy atom. The van der Waals surface area contributed by atoms with Crippen molar-refractivity contribution >= 4 is 39.3 Å². The number of hydrogen-bond acceptors (Lipinski definition) is 2. The average Bonchev–Trinajstić information content (AvgIpc) is 2.25. The zero-order valence-electron chi connectivity index (χ0n) is 11.7. The van der Waals surface area contributed by atoms with Crippen molar-refractivity contribution in [2.24, 2.45) is 0 Å². The molecule has 1 aromatic rings. The quantitative estimate of drug-likeness (QED) is 0.865. The van der Waals surface area contributed by atoms with Gasteiger partial charge in [-0.2, -0.15) is 0 Å². The lowest BCUT2D eigenvalue weighted by atomic mass is 10.1. The predicted molar refractivity (Wildman–Crippen MR) is 84.0 cm³/mol. The molecule has 1 rings (SSSR count). The standard InChI is InChI=1S/C14H18BrClN2O2/c1-14(2,3)18-12(19)6-7-17-13(20)10-5-4-9(16)8-11(10)15/h4-5,8H,6-7H2,1-3H3,(H,17,20)(H,18,19). The van der Waals surface area contributed by atoms with Crippen molar-refractivity contribution in [2.45, 2.75) is 32.7 Å². The highest BCUT2D eigenvalue weighted by Gasteiger charge is 2.14. The zero-order valence-corrected chi connectivity index (χ0v) is 14.1. The van der Waals surface area contributed by atoms with Crippen LogP contribution < -0.4 is 10.6 Å². The minimum absolute atomic E-state index is 0.0898. The summed E-state index contributed by atoms with van der Waals surface area (Å²) in [5.41, 5.74) is 0.228. The first kappa shape index (κ1) is 17.0. The van der Waals surface area contributed by atoms with Crippen LogP contribution in [0.15, 0.2) is 22.7 Å².